The molecule has 0 spiro atoms. The zero-order valence-corrected chi connectivity index (χ0v) is 15.6. The summed E-state index contributed by atoms with van der Waals surface area (Å²) in [5.74, 6) is 0.576. The number of rotatable bonds is 6. The Bertz CT molecular complexity index is 730. The van der Waals surface area contributed by atoms with Crippen molar-refractivity contribution in [2.45, 2.75) is 32.9 Å². The normalized spacial score (nSPS) is 18.6. The number of amides is 2. The number of aromatic nitrogens is 2. The zero-order chi connectivity index (χ0) is 18.5. The highest BCUT2D eigenvalue weighted by atomic mass is 16.3. The number of fused-ring (bicyclic) bond motifs is 1. The van der Waals surface area contributed by atoms with Gasteiger partial charge in [0.25, 0.3) is 0 Å². The van der Waals surface area contributed by atoms with Crippen LogP contribution in [0.2, 0.25) is 0 Å². The maximum Gasteiger partial charge on any atom is 0.317 e. The van der Waals surface area contributed by atoms with Crippen LogP contribution in [0.5, 0.6) is 0 Å². The fourth-order valence-corrected chi connectivity index (χ4v) is 3.60. The molecule has 1 aliphatic rings. The first kappa shape index (κ1) is 18.7. The first-order valence-electron chi connectivity index (χ1n) is 9.37. The molecular weight excluding hydrogens is 330 g/mol. The predicted octanol–water partition coefficient (Wildman–Crippen LogP) is 1.57. The third-order valence-electron chi connectivity index (χ3n) is 4.87. The van der Waals surface area contributed by atoms with Gasteiger partial charge in [-0.05, 0) is 24.5 Å². The largest absolute Gasteiger partial charge is 0.396 e. The van der Waals surface area contributed by atoms with Gasteiger partial charge < -0.3 is 19.7 Å². The highest BCUT2D eigenvalue weighted by molar-refractivity contribution is 5.74. The molecule has 1 saturated heterocycles. The van der Waals surface area contributed by atoms with Crippen LogP contribution in [0.15, 0.2) is 30.6 Å². The van der Waals surface area contributed by atoms with E-state index < -0.39 is 0 Å². The van der Waals surface area contributed by atoms with E-state index in [1.807, 2.05) is 33.7 Å². The lowest BCUT2D eigenvalue weighted by atomic mass is 10.1. The summed E-state index contributed by atoms with van der Waals surface area (Å²) in [7, 11) is 0. The van der Waals surface area contributed by atoms with Gasteiger partial charge in [-0.15, -0.1) is 0 Å². The Labute approximate surface area is 154 Å². The smallest absolute Gasteiger partial charge is 0.317 e. The van der Waals surface area contributed by atoms with Crippen molar-refractivity contribution in [3.8, 4) is 0 Å². The van der Waals surface area contributed by atoms with E-state index in [0.717, 1.165) is 24.4 Å². The number of aliphatic hydroxyl groups excluding tert-OH is 1. The van der Waals surface area contributed by atoms with Crippen LogP contribution in [0, 0.1) is 5.92 Å². The quantitative estimate of drug-likeness (QED) is 0.821. The average molecular weight is 359 g/mol. The van der Waals surface area contributed by atoms with E-state index in [0.29, 0.717) is 32.0 Å². The molecule has 26 heavy (non-hydrogen) atoms. The minimum absolute atomic E-state index is 0.0528. The molecule has 0 aliphatic carbocycles. The topological polar surface area (TPSA) is 73.1 Å². The van der Waals surface area contributed by atoms with E-state index in [-0.39, 0.29) is 18.7 Å². The number of pyridine rings is 1. The van der Waals surface area contributed by atoms with Crippen LogP contribution in [0.4, 0.5) is 4.79 Å². The highest BCUT2D eigenvalue weighted by Crippen LogP contribution is 2.15. The maximum absolute atomic E-state index is 12.6. The van der Waals surface area contributed by atoms with Crippen molar-refractivity contribution < 1.29 is 9.90 Å². The van der Waals surface area contributed by atoms with E-state index in [9.17, 15) is 9.90 Å². The number of urea groups is 1. The van der Waals surface area contributed by atoms with E-state index in [1.54, 1.807) is 6.20 Å². The number of aliphatic hydroxyl groups is 1. The predicted molar refractivity (Wildman–Crippen MR) is 101 cm³/mol. The van der Waals surface area contributed by atoms with Gasteiger partial charge in [0, 0.05) is 45.0 Å². The molecule has 1 atom stereocenters. The third-order valence-corrected chi connectivity index (χ3v) is 4.87. The second-order valence-corrected chi connectivity index (χ2v) is 7.34. The number of carbonyl (C=O) groups excluding carboxylic acids is 1. The minimum Gasteiger partial charge on any atom is -0.396 e. The van der Waals surface area contributed by atoms with Gasteiger partial charge in [-0.3, -0.25) is 4.90 Å². The Morgan fingerprint density at radius 2 is 2.23 bits per heavy atom. The molecule has 0 aromatic carbocycles. The zero-order valence-electron chi connectivity index (χ0n) is 15.6. The number of carbonyl (C=O) groups is 1. The van der Waals surface area contributed by atoms with Gasteiger partial charge >= 0.3 is 6.03 Å². The van der Waals surface area contributed by atoms with Crippen LogP contribution < -0.4 is 5.32 Å². The molecule has 1 aliphatic heterocycles. The van der Waals surface area contributed by atoms with E-state index in [4.69, 9.17) is 0 Å². The molecule has 2 aromatic rings. The van der Waals surface area contributed by atoms with Gasteiger partial charge in [-0.2, -0.15) is 0 Å². The summed E-state index contributed by atoms with van der Waals surface area (Å²) in [6.45, 7) is 8.22. The van der Waals surface area contributed by atoms with Crippen LogP contribution in [0.25, 0.3) is 5.65 Å². The lowest BCUT2D eigenvalue weighted by molar-refractivity contribution is 0.0654. The molecule has 3 rings (SSSR count). The van der Waals surface area contributed by atoms with Crippen molar-refractivity contribution >= 4 is 11.7 Å². The van der Waals surface area contributed by atoms with Crippen LogP contribution in [-0.4, -0.2) is 69.1 Å². The highest BCUT2D eigenvalue weighted by Gasteiger charge is 2.29. The Hall–Kier alpha value is -2.12. The van der Waals surface area contributed by atoms with E-state index in [1.165, 1.54) is 0 Å². The summed E-state index contributed by atoms with van der Waals surface area (Å²) in [5, 5.41) is 12.4. The van der Waals surface area contributed by atoms with Crippen molar-refractivity contribution in [3.05, 3.63) is 36.3 Å². The van der Waals surface area contributed by atoms with Gasteiger partial charge in [-0.1, -0.05) is 19.9 Å². The second kappa shape index (κ2) is 8.51. The van der Waals surface area contributed by atoms with Gasteiger partial charge in [0.05, 0.1) is 18.4 Å². The lowest BCUT2D eigenvalue weighted by Gasteiger charge is -2.42. The molecule has 2 N–H and O–H groups in total. The van der Waals surface area contributed by atoms with Gasteiger partial charge in [0.1, 0.15) is 5.65 Å². The summed E-state index contributed by atoms with van der Waals surface area (Å²) < 4.78 is 1.98. The average Bonchev–Trinajstić information content (AvgIpc) is 3.04. The number of imidazole rings is 1. The first-order chi connectivity index (χ1) is 12.6. The molecule has 1 fully saturated rings. The monoisotopic (exact) mass is 359 g/mol. The standard InChI is InChI=1S/C19H29N5O2/c1-15(2)13-22-8-9-23(14-16(22)6-10-25)19(26)21-12-17-11-20-18-5-3-4-7-24(17)18/h3-5,7,11,15-16,25H,6,8-10,12-14H2,1-2H3,(H,21,26)/t16-/m0/s1. The molecule has 7 nitrogen and oxygen atoms in total. The van der Waals surface area contributed by atoms with Crippen molar-refractivity contribution in [2.24, 2.45) is 5.92 Å². The second-order valence-electron chi connectivity index (χ2n) is 7.34. The van der Waals surface area contributed by atoms with Crippen molar-refractivity contribution in [3.63, 3.8) is 0 Å². The summed E-state index contributed by atoms with van der Waals surface area (Å²) in [6, 6.07) is 6.01. The minimum atomic E-state index is -0.0528. The van der Waals surface area contributed by atoms with Crippen LogP contribution >= 0.6 is 0 Å². The molecule has 2 aromatic heterocycles. The molecule has 0 unspecified atom stereocenters. The van der Waals surface area contributed by atoms with Gasteiger partial charge in [0.2, 0.25) is 0 Å². The molecule has 0 saturated carbocycles. The number of hydrogen-bond acceptors (Lipinski definition) is 4. The molecule has 2 amide bonds. The molecule has 3 heterocycles. The summed E-state index contributed by atoms with van der Waals surface area (Å²) in [4.78, 5) is 21.2. The lowest BCUT2D eigenvalue weighted by Crippen LogP contribution is -2.57. The summed E-state index contributed by atoms with van der Waals surface area (Å²) in [5.41, 5.74) is 1.83. The number of nitrogens with zero attached hydrogens (tertiary/aromatic N) is 4. The Kier molecular flexibility index (Phi) is 6.11. The van der Waals surface area contributed by atoms with Crippen LogP contribution in [0.3, 0.4) is 0 Å². The van der Waals surface area contributed by atoms with E-state index >= 15 is 0 Å². The number of hydrogen-bond donors (Lipinski definition) is 2. The fourth-order valence-electron chi connectivity index (χ4n) is 3.60. The Morgan fingerprint density at radius 3 is 3.00 bits per heavy atom. The molecule has 7 heteroatoms. The Morgan fingerprint density at radius 1 is 1.38 bits per heavy atom. The maximum atomic E-state index is 12.6. The Balaban J connectivity index is 1.57. The fraction of sp³-hybridized carbons (Fsp3) is 0.579. The SMILES string of the molecule is CC(C)CN1CCN(C(=O)NCc2cnc3ccccn23)C[C@@H]1CCO. The first-order valence-corrected chi connectivity index (χ1v) is 9.37. The van der Waals surface area contributed by atoms with Gasteiger partial charge in [-0.25, -0.2) is 9.78 Å². The van der Waals surface area contributed by atoms with Crippen molar-refractivity contribution in [2.75, 3.05) is 32.8 Å². The third kappa shape index (κ3) is 4.34. The molecule has 0 bridgehead atoms. The van der Waals surface area contributed by atoms with Gasteiger partial charge in [0.15, 0.2) is 0 Å². The molecule has 142 valence electrons. The van der Waals surface area contributed by atoms with Crippen LogP contribution in [0.1, 0.15) is 26.0 Å². The molecular formula is C19H29N5O2. The van der Waals surface area contributed by atoms with Crippen LogP contribution in [-0.2, 0) is 6.54 Å². The molecule has 0 radical (unpaired) electrons. The van der Waals surface area contributed by atoms with Crippen molar-refractivity contribution in [1.29, 1.82) is 0 Å². The number of piperazine rings is 1. The van der Waals surface area contributed by atoms with E-state index in [2.05, 4.69) is 29.0 Å². The summed E-state index contributed by atoms with van der Waals surface area (Å²) >= 11 is 0. The van der Waals surface area contributed by atoms with Crippen molar-refractivity contribution in [1.82, 2.24) is 24.5 Å². The summed E-state index contributed by atoms with van der Waals surface area (Å²) in [6.07, 6.45) is 4.44. The number of nitrogens with one attached hydrogen (secondary N) is 1.